The Kier molecular flexibility index (Phi) is 5.42. The van der Waals surface area contributed by atoms with E-state index in [-0.39, 0.29) is 6.61 Å². The highest BCUT2D eigenvalue weighted by molar-refractivity contribution is 7.13. The molecule has 1 aliphatic heterocycles. The summed E-state index contributed by atoms with van der Waals surface area (Å²) in [6, 6.07) is 8.36. The average molecular weight is 382 g/mol. The second-order valence-electron chi connectivity index (χ2n) is 6.65. The van der Waals surface area contributed by atoms with Gasteiger partial charge in [0.05, 0.1) is 12.3 Å². The van der Waals surface area contributed by atoms with Gasteiger partial charge in [-0.05, 0) is 24.4 Å². The summed E-state index contributed by atoms with van der Waals surface area (Å²) in [4.78, 5) is 19.5. The lowest BCUT2D eigenvalue weighted by Crippen LogP contribution is -2.47. The first-order valence-corrected chi connectivity index (χ1v) is 10.0. The van der Waals surface area contributed by atoms with Crippen molar-refractivity contribution in [1.29, 1.82) is 0 Å². The van der Waals surface area contributed by atoms with Crippen LogP contribution in [-0.4, -0.2) is 64.3 Å². The minimum absolute atomic E-state index is 0.213. The number of thiophene rings is 1. The molecule has 0 spiro atoms. The van der Waals surface area contributed by atoms with Gasteiger partial charge in [0, 0.05) is 67.2 Å². The van der Waals surface area contributed by atoms with E-state index in [4.69, 9.17) is 5.11 Å². The molecule has 0 unspecified atom stereocenters. The number of hydrogen-bond acceptors (Lipinski definition) is 7. The third-order valence-corrected chi connectivity index (χ3v) is 5.70. The molecular formula is C20H23N5OS. The molecule has 27 heavy (non-hydrogen) atoms. The van der Waals surface area contributed by atoms with E-state index in [2.05, 4.69) is 54.4 Å². The Bertz CT molecular complexity index is 891. The Balaban J connectivity index is 1.59. The van der Waals surface area contributed by atoms with E-state index in [1.54, 1.807) is 11.3 Å². The van der Waals surface area contributed by atoms with Crippen LogP contribution in [0.1, 0.15) is 5.82 Å². The number of aromatic nitrogens is 3. The first-order chi connectivity index (χ1) is 13.2. The molecule has 0 amide bonds. The van der Waals surface area contributed by atoms with Gasteiger partial charge in [-0.15, -0.1) is 11.3 Å². The molecule has 1 N–H and O–H groups in total. The molecule has 4 rings (SSSR count). The summed E-state index contributed by atoms with van der Waals surface area (Å²) in [5.41, 5.74) is 3.02. The molecule has 1 saturated heterocycles. The van der Waals surface area contributed by atoms with E-state index < -0.39 is 0 Å². The van der Waals surface area contributed by atoms with Crippen LogP contribution in [0.5, 0.6) is 0 Å². The molecule has 3 aromatic heterocycles. The maximum absolute atomic E-state index is 9.11. The first-order valence-electron chi connectivity index (χ1n) is 9.16. The maximum Gasteiger partial charge on any atom is 0.132 e. The average Bonchev–Trinajstić information content (AvgIpc) is 3.23. The fourth-order valence-electron chi connectivity index (χ4n) is 3.36. The van der Waals surface area contributed by atoms with Crippen molar-refractivity contribution in [3.63, 3.8) is 0 Å². The number of piperazine rings is 1. The van der Waals surface area contributed by atoms with E-state index >= 15 is 0 Å². The molecule has 0 aromatic carbocycles. The summed E-state index contributed by atoms with van der Waals surface area (Å²) in [6.45, 7) is 6.58. The van der Waals surface area contributed by atoms with Crippen molar-refractivity contribution < 1.29 is 5.11 Å². The minimum atomic E-state index is 0.213. The van der Waals surface area contributed by atoms with Crippen LogP contribution in [0.25, 0.3) is 21.7 Å². The Hall–Kier alpha value is -2.35. The predicted octanol–water partition coefficient (Wildman–Crippen LogP) is 2.69. The number of anilines is 1. The van der Waals surface area contributed by atoms with Gasteiger partial charge < -0.3 is 10.0 Å². The predicted molar refractivity (Wildman–Crippen MR) is 109 cm³/mol. The smallest absolute Gasteiger partial charge is 0.132 e. The summed E-state index contributed by atoms with van der Waals surface area (Å²) < 4.78 is 0. The molecule has 0 aliphatic carbocycles. The van der Waals surface area contributed by atoms with E-state index in [1.807, 2.05) is 19.3 Å². The molecule has 140 valence electrons. The quantitative estimate of drug-likeness (QED) is 0.733. The fourth-order valence-corrected chi connectivity index (χ4v) is 4.07. The highest BCUT2D eigenvalue weighted by Crippen LogP contribution is 2.29. The van der Waals surface area contributed by atoms with Gasteiger partial charge in [0.15, 0.2) is 0 Å². The number of aliphatic hydroxyl groups excluding tert-OH is 1. The van der Waals surface area contributed by atoms with Crippen molar-refractivity contribution in [2.75, 3.05) is 44.2 Å². The molecule has 1 aliphatic rings. The lowest BCUT2D eigenvalue weighted by atomic mass is 10.1. The van der Waals surface area contributed by atoms with Gasteiger partial charge in [0.2, 0.25) is 0 Å². The number of nitrogens with zero attached hydrogens (tertiary/aromatic N) is 5. The molecule has 0 saturated carbocycles. The Morgan fingerprint density at radius 1 is 1.07 bits per heavy atom. The van der Waals surface area contributed by atoms with Crippen LogP contribution >= 0.6 is 11.3 Å². The summed E-state index contributed by atoms with van der Waals surface area (Å²) in [6.07, 6.45) is 3.76. The molecule has 0 bridgehead atoms. The number of rotatable bonds is 5. The van der Waals surface area contributed by atoms with Gasteiger partial charge >= 0.3 is 0 Å². The highest BCUT2D eigenvalue weighted by Gasteiger charge is 2.19. The molecule has 6 nitrogen and oxygen atoms in total. The second-order valence-corrected chi connectivity index (χ2v) is 7.60. The van der Waals surface area contributed by atoms with E-state index in [9.17, 15) is 0 Å². The zero-order chi connectivity index (χ0) is 18.6. The van der Waals surface area contributed by atoms with Crippen molar-refractivity contribution in [1.82, 2.24) is 19.9 Å². The van der Waals surface area contributed by atoms with Crippen molar-refractivity contribution in [3.8, 4) is 21.7 Å². The third kappa shape index (κ3) is 4.16. The van der Waals surface area contributed by atoms with Gasteiger partial charge in [0.1, 0.15) is 11.6 Å². The number of hydrogen-bond donors (Lipinski definition) is 1. The number of pyridine rings is 1. The topological polar surface area (TPSA) is 65.4 Å². The van der Waals surface area contributed by atoms with Crippen LogP contribution in [0.15, 0.2) is 42.0 Å². The highest BCUT2D eigenvalue weighted by atomic mass is 32.1. The van der Waals surface area contributed by atoms with Gasteiger partial charge in [-0.25, -0.2) is 9.97 Å². The Morgan fingerprint density at radius 2 is 1.89 bits per heavy atom. The molecule has 0 radical (unpaired) electrons. The SMILES string of the molecule is Cc1nc(-c2cncc(-c3cccs3)c2)cc(N2CCN(CCO)CC2)n1. The largest absolute Gasteiger partial charge is 0.395 e. The van der Waals surface area contributed by atoms with E-state index in [0.29, 0.717) is 0 Å². The van der Waals surface area contributed by atoms with Gasteiger partial charge in [-0.2, -0.15) is 0 Å². The summed E-state index contributed by atoms with van der Waals surface area (Å²) in [5.74, 6) is 1.73. The maximum atomic E-state index is 9.11. The van der Waals surface area contributed by atoms with Gasteiger partial charge in [-0.1, -0.05) is 6.07 Å². The fraction of sp³-hybridized carbons (Fsp3) is 0.350. The lowest BCUT2D eigenvalue weighted by Gasteiger charge is -2.35. The van der Waals surface area contributed by atoms with Crippen molar-refractivity contribution in [3.05, 3.63) is 47.9 Å². The Morgan fingerprint density at radius 3 is 2.63 bits per heavy atom. The third-order valence-electron chi connectivity index (χ3n) is 4.78. The van der Waals surface area contributed by atoms with Crippen LogP contribution in [0.4, 0.5) is 5.82 Å². The zero-order valence-corrected chi connectivity index (χ0v) is 16.2. The zero-order valence-electron chi connectivity index (χ0n) is 15.4. The number of aliphatic hydroxyl groups is 1. The number of aryl methyl sites for hydroxylation is 1. The van der Waals surface area contributed by atoms with Crippen LogP contribution < -0.4 is 4.90 Å². The second kappa shape index (κ2) is 8.12. The summed E-state index contributed by atoms with van der Waals surface area (Å²) in [7, 11) is 0. The van der Waals surface area contributed by atoms with Crippen molar-refractivity contribution >= 4 is 17.2 Å². The van der Waals surface area contributed by atoms with E-state index in [1.165, 1.54) is 4.88 Å². The van der Waals surface area contributed by atoms with Crippen LogP contribution in [0.2, 0.25) is 0 Å². The molecular weight excluding hydrogens is 358 g/mol. The number of β-amino-alcohol motifs (C(OH)–C–C–N with tert-alkyl or cyclic N) is 1. The van der Waals surface area contributed by atoms with Crippen molar-refractivity contribution in [2.45, 2.75) is 6.92 Å². The minimum Gasteiger partial charge on any atom is -0.395 e. The van der Waals surface area contributed by atoms with Gasteiger partial charge in [-0.3, -0.25) is 9.88 Å². The van der Waals surface area contributed by atoms with Crippen LogP contribution in [0.3, 0.4) is 0 Å². The molecule has 7 heteroatoms. The lowest BCUT2D eigenvalue weighted by molar-refractivity contribution is 0.188. The molecule has 4 heterocycles. The van der Waals surface area contributed by atoms with Crippen molar-refractivity contribution in [2.24, 2.45) is 0 Å². The monoisotopic (exact) mass is 381 g/mol. The summed E-state index contributed by atoms with van der Waals surface area (Å²) in [5, 5.41) is 11.2. The van der Waals surface area contributed by atoms with Crippen LogP contribution in [0, 0.1) is 6.92 Å². The molecule has 3 aromatic rings. The standard InChI is InChI=1S/C20H23N5OS/c1-15-22-18(16-11-17(14-21-13-16)19-3-2-10-27-19)12-20(23-15)25-6-4-24(5-7-25)8-9-26/h2-3,10-14,26H,4-9H2,1H3. The van der Waals surface area contributed by atoms with Crippen LogP contribution in [-0.2, 0) is 0 Å². The molecule has 1 fully saturated rings. The first kappa shape index (κ1) is 18.0. The van der Waals surface area contributed by atoms with Gasteiger partial charge in [0.25, 0.3) is 0 Å². The summed E-state index contributed by atoms with van der Waals surface area (Å²) >= 11 is 1.71. The Labute approximate surface area is 163 Å². The molecule has 0 atom stereocenters. The van der Waals surface area contributed by atoms with E-state index in [0.717, 1.165) is 61.2 Å². The normalized spacial score (nSPS) is 15.3.